The topological polar surface area (TPSA) is 111 Å². The average Bonchev–Trinajstić information content (AvgIpc) is 3.27. The van der Waals surface area contributed by atoms with Crippen LogP contribution in [-0.4, -0.2) is 25.5 Å². The molecule has 1 aliphatic rings. The van der Waals surface area contributed by atoms with Gasteiger partial charge in [-0.1, -0.05) is 42.5 Å². The lowest BCUT2D eigenvalue weighted by Gasteiger charge is -2.19. The van der Waals surface area contributed by atoms with E-state index in [1.807, 2.05) is 61.5 Å². The maximum atomic E-state index is 13.3. The SMILES string of the molecule is Cc1c(-c2ncc(C(N)=O)c3c2-c2ccc(C(C)(C)O)cc2C3)cccc1-n1cnc2ccccc2c1=O. The molecule has 7 heteroatoms. The maximum Gasteiger partial charge on any atom is 0.265 e. The number of para-hydroxylation sites is 1. The van der Waals surface area contributed by atoms with Crippen molar-refractivity contribution in [2.45, 2.75) is 32.8 Å². The fourth-order valence-corrected chi connectivity index (χ4v) is 5.38. The highest BCUT2D eigenvalue weighted by molar-refractivity contribution is 6.00. The van der Waals surface area contributed by atoms with Crippen molar-refractivity contribution < 1.29 is 9.90 Å². The van der Waals surface area contributed by atoms with Crippen LogP contribution in [0.2, 0.25) is 0 Å². The Labute approximate surface area is 219 Å². The van der Waals surface area contributed by atoms with Crippen LogP contribution >= 0.6 is 0 Å². The van der Waals surface area contributed by atoms with Gasteiger partial charge in [0.15, 0.2) is 0 Å². The van der Waals surface area contributed by atoms with Gasteiger partial charge in [-0.3, -0.25) is 19.1 Å². The molecule has 1 amide bonds. The molecule has 3 N–H and O–H groups in total. The molecule has 5 aromatic rings. The largest absolute Gasteiger partial charge is 0.386 e. The van der Waals surface area contributed by atoms with Crippen molar-refractivity contribution in [3.05, 3.63) is 111 Å². The molecule has 38 heavy (non-hydrogen) atoms. The molecule has 0 saturated carbocycles. The summed E-state index contributed by atoms with van der Waals surface area (Å²) in [4.78, 5) is 34.9. The molecule has 0 saturated heterocycles. The molecule has 0 radical (unpaired) electrons. The zero-order valence-electron chi connectivity index (χ0n) is 21.3. The summed E-state index contributed by atoms with van der Waals surface area (Å²) in [5.74, 6) is -0.532. The second-order valence-electron chi connectivity index (χ2n) is 10.2. The smallest absolute Gasteiger partial charge is 0.265 e. The number of pyridine rings is 1. The number of rotatable bonds is 4. The quantitative estimate of drug-likeness (QED) is 0.364. The standard InChI is InChI=1S/C31H26N4O3/c1-17-20(8-6-10-26(17)35-16-34-25-9-5-4-7-22(25)30(35)37)28-27-21-12-11-19(31(2,3)38)13-18(21)14-23(27)24(15-33-28)29(32)36/h4-13,15-16,38H,14H2,1-3H3,(H2,32,36). The molecule has 0 aliphatic heterocycles. The molecule has 3 aromatic carbocycles. The number of amides is 1. The zero-order chi connectivity index (χ0) is 26.8. The number of aromatic nitrogens is 3. The first-order chi connectivity index (χ1) is 18.1. The number of hydrogen-bond donors (Lipinski definition) is 2. The van der Waals surface area contributed by atoms with E-state index < -0.39 is 11.5 Å². The van der Waals surface area contributed by atoms with Gasteiger partial charge in [0.2, 0.25) is 0 Å². The van der Waals surface area contributed by atoms with Crippen LogP contribution in [0.25, 0.3) is 39.0 Å². The van der Waals surface area contributed by atoms with Gasteiger partial charge in [-0.15, -0.1) is 0 Å². The lowest BCUT2D eigenvalue weighted by Crippen LogP contribution is -2.19. The van der Waals surface area contributed by atoms with E-state index in [9.17, 15) is 14.7 Å². The number of benzene rings is 3. The molecule has 0 bridgehead atoms. The van der Waals surface area contributed by atoms with Gasteiger partial charge in [-0.2, -0.15) is 0 Å². The zero-order valence-corrected chi connectivity index (χ0v) is 21.3. The molecular formula is C31H26N4O3. The van der Waals surface area contributed by atoms with Gasteiger partial charge in [0, 0.05) is 17.3 Å². The molecule has 188 valence electrons. The highest BCUT2D eigenvalue weighted by Crippen LogP contribution is 2.45. The Balaban J connectivity index is 1.58. The van der Waals surface area contributed by atoms with Crippen LogP contribution in [0.4, 0.5) is 0 Å². The van der Waals surface area contributed by atoms with E-state index in [4.69, 9.17) is 10.7 Å². The van der Waals surface area contributed by atoms with Crippen molar-refractivity contribution in [3.63, 3.8) is 0 Å². The number of primary amides is 1. The molecule has 2 heterocycles. The van der Waals surface area contributed by atoms with E-state index >= 15 is 0 Å². The summed E-state index contributed by atoms with van der Waals surface area (Å²) < 4.78 is 1.56. The molecule has 7 nitrogen and oxygen atoms in total. The first-order valence-electron chi connectivity index (χ1n) is 12.4. The van der Waals surface area contributed by atoms with Crippen molar-refractivity contribution in [1.82, 2.24) is 14.5 Å². The van der Waals surface area contributed by atoms with Gasteiger partial charge < -0.3 is 10.8 Å². The predicted octanol–water partition coefficient (Wildman–Crippen LogP) is 4.65. The van der Waals surface area contributed by atoms with E-state index in [-0.39, 0.29) is 5.56 Å². The summed E-state index contributed by atoms with van der Waals surface area (Å²) in [5.41, 5.74) is 13.1. The van der Waals surface area contributed by atoms with Gasteiger partial charge in [0.05, 0.1) is 33.4 Å². The Hall–Kier alpha value is -4.62. The number of carbonyl (C=O) groups excluding carboxylic acids is 1. The van der Waals surface area contributed by atoms with Gasteiger partial charge >= 0.3 is 0 Å². The first-order valence-corrected chi connectivity index (χ1v) is 12.4. The third-order valence-corrected chi connectivity index (χ3v) is 7.39. The minimum absolute atomic E-state index is 0.150. The van der Waals surface area contributed by atoms with E-state index in [0.29, 0.717) is 34.3 Å². The number of carbonyl (C=O) groups is 1. The van der Waals surface area contributed by atoms with Crippen molar-refractivity contribution in [1.29, 1.82) is 0 Å². The second kappa shape index (κ2) is 8.46. The Kier molecular flexibility index (Phi) is 5.29. The van der Waals surface area contributed by atoms with Crippen molar-refractivity contribution in [3.8, 4) is 28.1 Å². The minimum atomic E-state index is -0.997. The van der Waals surface area contributed by atoms with Gasteiger partial charge in [-0.05, 0) is 73.2 Å². The third-order valence-electron chi connectivity index (χ3n) is 7.39. The van der Waals surface area contributed by atoms with Crippen LogP contribution in [0.15, 0.2) is 78.0 Å². The van der Waals surface area contributed by atoms with Crippen LogP contribution < -0.4 is 11.3 Å². The van der Waals surface area contributed by atoms with Gasteiger partial charge in [0.1, 0.15) is 6.33 Å². The summed E-state index contributed by atoms with van der Waals surface area (Å²) in [5, 5.41) is 11.1. The van der Waals surface area contributed by atoms with Crippen molar-refractivity contribution in [2.24, 2.45) is 5.73 Å². The minimum Gasteiger partial charge on any atom is -0.386 e. The summed E-state index contributed by atoms with van der Waals surface area (Å²) >= 11 is 0. The Morgan fingerprint density at radius 3 is 2.58 bits per heavy atom. The Morgan fingerprint density at radius 1 is 1.03 bits per heavy atom. The van der Waals surface area contributed by atoms with Gasteiger partial charge in [-0.25, -0.2) is 4.98 Å². The predicted molar refractivity (Wildman–Crippen MR) is 147 cm³/mol. The number of nitrogens with zero attached hydrogens (tertiary/aromatic N) is 3. The van der Waals surface area contributed by atoms with Crippen molar-refractivity contribution >= 4 is 16.8 Å². The summed E-state index contributed by atoms with van der Waals surface area (Å²) in [6.45, 7) is 5.45. The highest BCUT2D eigenvalue weighted by atomic mass is 16.3. The summed E-state index contributed by atoms with van der Waals surface area (Å²) in [6.07, 6.45) is 3.60. The number of nitrogens with two attached hydrogens (primary N) is 1. The molecular weight excluding hydrogens is 476 g/mol. The molecule has 0 unspecified atom stereocenters. The summed E-state index contributed by atoms with van der Waals surface area (Å²) in [7, 11) is 0. The van der Waals surface area contributed by atoms with Crippen LogP contribution in [0, 0.1) is 6.92 Å². The molecule has 6 rings (SSSR count). The van der Waals surface area contributed by atoms with Gasteiger partial charge in [0.25, 0.3) is 11.5 Å². The first kappa shape index (κ1) is 23.8. The molecule has 2 aromatic heterocycles. The number of hydrogen-bond acceptors (Lipinski definition) is 5. The molecule has 0 atom stereocenters. The van der Waals surface area contributed by atoms with Crippen molar-refractivity contribution in [2.75, 3.05) is 0 Å². The van der Waals surface area contributed by atoms with Crippen LogP contribution in [0.3, 0.4) is 0 Å². The number of fused-ring (bicyclic) bond motifs is 4. The van der Waals surface area contributed by atoms with E-state index in [1.165, 1.54) is 6.20 Å². The fraction of sp³-hybridized carbons (Fsp3) is 0.161. The summed E-state index contributed by atoms with van der Waals surface area (Å²) in [6, 6.07) is 18.9. The fourth-order valence-electron chi connectivity index (χ4n) is 5.38. The average molecular weight is 503 g/mol. The highest BCUT2D eigenvalue weighted by Gasteiger charge is 2.30. The van der Waals surface area contributed by atoms with Crippen LogP contribution in [0.1, 0.15) is 46.5 Å². The van der Waals surface area contributed by atoms with E-state index in [2.05, 4.69) is 4.98 Å². The number of aliphatic hydroxyl groups is 1. The second-order valence-corrected chi connectivity index (χ2v) is 10.2. The Morgan fingerprint density at radius 2 is 1.82 bits per heavy atom. The monoisotopic (exact) mass is 502 g/mol. The molecule has 0 fully saturated rings. The lowest BCUT2D eigenvalue weighted by molar-refractivity contribution is 0.0785. The lowest BCUT2D eigenvalue weighted by atomic mass is 9.92. The van der Waals surface area contributed by atoms with Crippen LogP contribution in [-0.2, 0) is 12.0 Å². The van der Waals surface area contributed by atoms with Crippen LogP contribution in [0.5, 0.6) is 0 Å². The normalized spacial score (nSPS) is 12.4. The maximum absolute atomic E-state index is 13.3. The Bertz CT molecular complexity index is 1850. The molecule has 0 spiro atoms. The van der Waals surface area contributed by atoms with E-state index in [1.54, 1.807) is 30.8 Å². The molecule has 1 aliphatic carbocycles. The third kappa shape index (κ3) is 3.63. The van der Waals surface area contributed by atoms with E-state index in [0.717, 1.165) is 38.9 Å².